The van der Waals surface area contributed by atoms with E-state index in [9.17, 15) is 4.79 Å². The van der Waals surface area contributed by atoms with Crippen molar-refractivity contribution in [1.82, 2.24) is 9.88 Å². The number of aromatic nitrogens is 1. The molecule has 2 heterocycles. The maximum atomic E-state index is 13.1. The summed E-state index contributed by atoms with van der Waals surface area (Å²) >= 11 is 0. The Balaban J connectivity index is 1.75. The number of nitrogens with zero attached hydrogens (tertiary/aromatic N) is 1. The van der Waals surface area contributed by atoms with Crippen LogP contribution in [0.5, 0.6) is 0 Å². The van der Waals surface area contributed by atoms with Crippen LogP contribution in [-0.4, -0.2) is 36.2 Å². The summed E-state index contributed by atoms with van der Waals surface area (Å²) in [5, 5.41) is 3.20. The molecule has 0 saturated carbocycles. The van der Waals surface area contributed by atoms with Crippen LogP contribution in [0.15, 0.2) is 40.8 Å². The fourth-order valence-electron chi connectivity index (χ4n) is 4.11. The molecule has 0 fully saturated rings. The maximum Gasteiger partial charge on any atom is 0.268 e. The number of furan rings is 1. The van der Waals surface area contributed by atoms with E-state index in [4.69, 9.17) is 4.42 Å². The highest BCUT2D eigenvalue weighted by Crippen LogP contribution is 2.25. The van der Waals surface area contributed by atoms with Crippen molar-refractivity contribution in [3.63, 3.8) is 0 Å². The molecule has 0 unspecified atom stereocenters. The predicted octanol–water partition coefficient (Wildman–Crippen LogP) is 3.72. The number of rotatable bonds is 10. The van der Waals surface area contributed by atoms with Gasteiger partial charge >= 0.3 is 0 Å². The molecule has 1 aromatic carbocycles. The van der Waals surface area contributed by atoms with Crippen molar-refractivity contribution in [3.05, 3.63) is 59.0 Å². The lowest BCUT2D eigenvalue weighted by Gasteiger charge is -2.18. The van der Waals surface area contributed by atoms with E-state index in [0.29, 0.717) is 12.2 Å². The molecule has 0 spiro atoms. The fraction of sp³-hybridized carbons (Fsp3) is 0.480. The van der Waals surface area contributed by atoms with Gasteiger partial charge in [-0.15, -0.1) is 0 Å². The van der Waals surface area contributed by atoms with Crippen molar-refractivity contribution >= 4 is 17.0 Å². The summed E-state index contributed by atoms with van der Waals surface area (Å²) in [5.41, 5.74) is 4.83. The van der Waals surface area contributed by atoms with Crippen molar-refractivity contribution in [2.45, 2.75) is 60.0 Å². The summed E-state index contributed by atoms with van der Waals surface area (Å²) in [6.07, 6.45) is 2.10. The van der Waals surface area contributed by atoms with Crippen molar-refractivity contribution in [2.24, 2.45) is 0 Å². The zero-order valence-corrected chi connectivity index (χ0v) is 19.0. The van der Waals surface area contributed by atoms with Crippen LogP contribution in [0.3, 0.4) is 0 Å². The molecule has 1 atom stereocenters. The zero-order valence-electron chi connectivity index (χ0n) is 19.0. The summed E-state index contributed by atoms with van der Waals surface area (Å²) in [4.78, 5) is 14.7. The average Bonchev–Trinajstić information content (AvgIpc) is 3.24. The average molecular weight is 411 g/mol. The number of nitrogens with one attached hydrogen (secondary N) is 2. The molecule has 3 aromatic rings. The predicted molar refractivity (Wildman–Crippen MR) is 122 cm³/mol. The highest BCUT2D eigenvalue weighted by atomic mass is 16.3. The van der Waals surface area contributed by atoms with Gasteiger partial charge < -0.3 is 19.2 Å². The monoisotopic (exact) mass is 410 g/mol. The first-order valence-electron chi connectivity index (χ1n) is 11.2. The first-order chi connectivity index (χ1) is 14.4. The highest BCUT2D eigenvalue weighted by Gasteiger charge is 2.20. The largest absolute Gasteiger partial charge is 0.460 e. The Hall–Kier alpha value is -2.53. The second-order valence-corrected chi connectivity index (χ2v) is 8.37. The van der Waals surface area contributed by atoms with Gasteiger partial charge in [0.25, 0.3) is 5.91 Å². The normalized spacial score (nSPS) is 12.6. The van der Waals surface area contributed by atoms with Crippen molar-refractivity contribution in [2.75, 3.05) is 19.6 Å². The number of fused-ring (bicyclic) bond motifs is 1. The Kier molecular flexibility index (Phi) is 7.38. The van der Waals surface area contributed by atoms with Gasteiger partial charge in [-0.25, -0.2) is 0 Å². The minimum atomic E-state index is -0.0321. The number of aryl methyl sites for hydroxylation is 2. The van der Waals surface area contributed by atoms with E-state index >= 15 is 0 Å². The third-order valence-corrected chi connectivity index (χ3v) is 6.08. The number of hydrogen-bond acceptors (Lipinski definition) is 2. The number of carbonyl (C=O) groups is 1. The number of carbonyl (C=O) groups excluding carboxylic acids is 1. The van der Waals surface area contributed by atoms with Gasteiger partial charge in [-0.1, -0.05) is 24.3 Å². The van der Waals surface area contributed by atoms with Crippen LogP contribution in [0.2, 0.25) is 0 Å². The molecule has 2 aromatic heterocycles. The van der Waals surface area contributed by atoms with Crippen LogP contribution in [0.25, 0.3) is 11.1 Å². The Morgan fingerprint density at radius 2 is 1.90 bits per heavy atom. The van der Waals surface area contributed by atoms with Crippen LogP contribution in [-0.2, 0) is 6.54 Å². The first kappa shape index (κ1) is 22.2. The lowest BCUT2D eigenvalue weighted by molar-refractivity contribution is -0.896. The lowest BCUT2D eigenvalue weighted by atomic mass is 10.1. The highest BCUT2D eigenvalue weighted by molar-refractivity contribution is 5.97. The second-order valence-electron chi connectivity index (χ2n) is 8.37. The van der Waals surface area contributed by atoms with Crippen LogP contribution in [0, 0.1) is 13.8 Å². The molecule has 5 nitrogen and oxygen atoms in total. The van der Waals surface area contributed by atoms with Crippen molar-refractivity contribution < 1.29 is 14.1 Å². The summed E-state index contributed by atoms with van der Waals surface area (Å²) < 4.78 is 7.90. The summed E-state index contributed by atoms with van der Waals surface area (Å²) in [6.45, 7) is 14.7. The Morgan fingerprint density at radius 1 is 1.17 bits per heavy atom. The number of hydrogen-bond donors (Lipinski definition) is 2. The van der Waals surface area contributed by atoms with Gasteiger partial charge in [0.2, 0.25) is 0 Å². The zero-order chi connectivity index (χ0) is 21.7. The van der Waals surface area contributed by atoms with Gasteiger partial charge in [0.05, 0.1) is 25.2 Å². The van der Waals surface area contributed by atoms with Gasteiger partial charge in [-0.05, 0) is 58.6 Å². The summed E-state index contributed by atoms with van der Waals surface area (Å²) in [7, 11) is 0. The van der Waals surface area contributed by atoms with E-state index in [-0.39, 0.29) is 11.9 Å². The Bertz CT molecular complexity index is 982. The Morgan fingerprint density at radius 3 is 2.60 bits per heavy atom. The second kappa shape index (κ2) is 9.98. The molecule has 0 bridgehead atoms. The van der Waals surface area contributed by atoms with E-state index in [1.165, 1.54) is 11.1 Å². The van der Waals surface area contributed by atoms with Gasteiger partial charge in [0, 0.05) is 24.7 Å². The third kappa shape index (κ3) is 5.14. The summed E-state index contributed by atoms with van der Waals surface area (Å²) in [6, 6.07) is 12.3. The van der Waals surface area contributed by atoms with E-state index < -0.39 is 0 Å². The van der Waals surface area contributed by atoms with Gasteiger partial charge in [0.15, 0.2) is 5.58 Å². The van der Waals surface area contributed by atoms with Crippen LogP contribution in [0.4, 0.5) is 0 Å². The van der Waals surface area contributed by atoms with Crippen LogP contribution < -0.4 is 10.2 Å². The van der Waals surface area contributed by atoms with Gasteiger partial charge in [0.1, 0.15) is 11.5 Å². The van der Waals surface area contributed by atoms with Gasteiger partial charge in [-0.2, -0.15) is 0 Å². The molecule has 162 valence electrons. The molecule has 3 rings (SSSR count). The molecular weight excluding hydrogens is 374 g/mol. The molecule has 1 amide bonds. The standard InChI is InChI=1S/C25H35N3O2/c1-6-27(7-2)14-10-12-19(4)26-25(29)23-16-24-22(15-20(5)30-24)28(23)17-21-13-9-8-11-18(21)3/h8-9,11,13,15-16,19H,6-7,10,12,14,17H2,1-5H3,(H,26,29)/p+1/t19-/m0/s1. The van der Waals surface area contributed by atoms with Crippen LogP contribution in [0.1, 0.15) is 61.0 Å². The first-order valence-corrected chi connectivity index (χ1v) is 11.2. The molecule has 5 heteroatoms. The minimum absolute atomic E-state index is 0.0321. The van der Waals surface area contributed by atoms with E-state index in [2.05, 4.69) is 49.7 Å². The fourth-order valence-corrected chi connectivity index (χ4v) is 4.11. The molecular formula is C25H36N3O2+. The minimum Gasteiger partial charge on any atom is -0.460 e. The molecule has 2 N–H and O–H groups in total. The SMILES string of the molecule is CC[NH+](CC)CCC[C@H](C)NC(=O)c1cc2oc(C)cc2n1Cc1ccccc1C. The Labute approximate surface area is 180 Å². The van der Waals surface area contributed by atoms with E-state index in [1.807, 2.05) is 31.2 Å². The van der Waals surface area contributed by atoms with Crippen molar-refractivity contribution in [1.29, 1.82) is 0 Å². The molecule has 0 aliphatic carbocycles. The third-order valence-electron chi connectivity index (χ3n) is 6.08. The molecule has 0 radical (unpaired) electrons. The summed E-state index contributed by atoms with van der Waals surface area (Å²) in [5.74, 6) is 0.827. The van der Waals surface area contributed by atoms with E-state index in [1.54, 1.807) is 4.90 Å². The lowest BCUT2D eigenvalue weighted by Crippen LogP contribution is -3.11. The number of amides is 1. The van der Waals surface area contributed by atoms with E-state index in [0.717, 1.165) is 49.3 Å². The maximum absolute atomic E-state index is 13.1. The molecule has 30 heavy (non-hydrogen) atoms. The van der Waals surface area contributed by atoms with Crippen molar-refractivity contribution in [3.8, 4) is 0 Å². The van der Waals surface area contributed by atoms with Crippen LogP contribution >= 0.6 is 0 Å². The number of quaternary nitrogens is 1. The van der Waals surface area contributed by atoms with Gasteiger partial charge in [-0.3, -0.25) is 4.79 Å². The molecule has 0 saturated heterocycles. The molecule has 0 aliphatic rings. The topological polar surface area (TPSA) is 51.6 Å². The molecule has 0 aliphatic heterocycles. The quantitative estimate of drug-likeness (QED) is 0.535. The number of benzene rings is 1. The smallest absolute Gasteiger partial charge is 0.268 e.